The first-order valence-electron chi connectivity index (χ1n) is 20.8. The minimum Gasteiger partial charge on any atom is -0.465 e. The van der Waals surface area contributed by atoms with Crippen molar-refractivity contribution in [1.82, 2.24) is 16.0 Å². The molecule has 2 aromatic carbocycles. The van der Waals surface area contributed by atoms with Crippen molar-refractivity contribution in [3.8, 4) is 0 Å². The van der Waals surface area contributed by atoms with E-state index in [9.17, 15) is 19.2 Å². The van der Waals surface area contributed by atoms with Crippen molar-refractivity contribution in [2.45, 2.75) is 142 Å². The van der Waals surface area contributed by atoms with Gasteiger partial charge in [-0.1, -0.05) is 145 Å². The van der Waals surface area contributed by atoms with Gasteiger partial charge >= 0.3 is 12.1 Å². The molecule has 0 fully saturated rings. The Morgan fingerprint density at radius 3 is 1.88 bits per heavy atom. The summed E-state index contributed by atoms with van der Waals surface area (Å²) in [4.78, 5) is 52.2. The maximum Gasteiger partial charge on any atom is 0.414 e. The molecule has 0 heterocycles. The topological polar surface area (TPSA) is 170 Å². The van der Waals surface area contributed by atoms with Gasteiger partial charge in [-0.05, 0) is 49.7 Å². The van der Waals surface area contributed by atoms with Crippen LogP contribution in [0.1, 0.15) is 134 Å². The van der Waals surface area contributed by atoms with Crippen LogP contribution in [0, 0.1) is 5.92 Å². The van der Waals surface area contributed by atoms with E-state index in [1.54, 1.807) is 7.11 Å². The first-order valence-corrected chi connectivity index (χ1v) is 20.8. The van der Waals surface area contributed by atoms with E-state index >= 15 is 0 Å². The summed E-state index contributed by atoms with van der Waals surface area (Å²) in [6.07, 6.45) is 17.2. The number of ether oxygens (including phenoxy) is 3. The van der Waals surface area contributed by atoms with Crippen LogP contribution in [0.5, 0.6) is 0 Å². The summed E-state index contributed by atoms with van der Waals surface area (Å²) in [7, 11) is 1.70. The molecule has 0 aliphatic heterocycles. The summed E-state index contributed by atoms with van der Waals surface area (Å²) in [5.74, 6) is -0.386. The second-order valence-corrected chi connectivity index (χ2v) is 14.0. The number of carbonyl (C=O) groups excluding carboxylic acids is 4. The van der Waals surface area contributed by atoms with E-state index in [1.807, 2.05) is 60.7 Å². The number of methoxy groups -OCH3 is 1. The molecule has 12 nitrogen and oxygen atoms in total. The zero-order valence-corrected chi connectivity index (χ0v) is 34.4. The molecular weight excluding hydrogens is 711 g/mol. The Morgan fingerprint density at radius 1 is 0.714 bits per heavy atom. The largest absolute Gasteiger partial charge is 0.465 e. The van der Waals surface area contributed by atoms with E-state index in [0.29, 0.717) is 26.2 Å². The molecule has 2 rings (SSSR count). The molecule has 2 atom stereocenters. The van der Waals surface area contributed by atoms with Crippen molar-refractivity contribution in [2.24, 2.45) is 16.6 Å². The summed E-state index contributed by atoms with van der Waals surface area (Å²) in [6.45, 7) is 6.26. The molecule has 0 aliphatic rings. The van der Waals surface area contributed by atoms with Gasteiger partial charge in [-0.3, -0.25) is 30.0 Å². The Bertz CT molecular complexity index is 1310. The zero-order valence-electron chi connectivity index (χ0n) is 34.4. The number of nitrogens with zero attached hydrogens (tertiary/aromatic N) is 1. The number of benzene rings is 2. The van der Waals surface area contributed by atoms with Crippen LogP contribution in [0.4, 0.5) is 4.79 Å². The Morgan fingerprint density at radius 2 is 1.27 bits per heavy atom. The predicted octanol–water partition coefficient (Wildman–Crippen LogP) is 8.12. The van der Waals surface area contributed by atoms with Crippen LogP contribution in [-0.4, -0.2) is 63.2 Å². The number of rotatable bonds is 29. The third kappa shape index (κ3) is 27.3. The number of nitrogens with one attached hydrogen (secondary N) is 3. The highest BCUT2D eigenvalue weighted by Crippen LogP contribution is 2.20. The van der Waals surface area contributed by atoms with E-state index in [1.165, 1.54) is 56.9 Å². The summed E-state index contributed by atoms with van der Waals surface area (Å²) in [5, 5.41) is 7.51. The molecule has 0 bridgehead atoms. The van der Waals surface area contributed by atoms with Gasteiger partial charge in [0.05, 0.1) is 25.2 Å². The van der Waals surface area contributed by atoms with Gasteiger partial charge in [0.15, 0.2) is 0 Å². The molecule has 314 valence electrons. The van der Waals surface area contributed by atoms with Crippen LogP contribution >= 0.6 is 0 Å². The Kier molecular flexibility index (Phi) is 31.2. The highest BCUT2D eigenvalue weighted by molar-refractivity contribution is 5.98. The highest BCUT2D eigenvalue weighted by atomic mass is 16.5. The summed E-state index contributed by atoms with van der Waals surface area (Å²) < 4.78 is 15.7. The van der Waals surface area contributed by atoms with Crippen LogP contribution in [0.15, 0.2) is 65.7 Å². The van der Waals surface area contributed by atoms with Gasteiger partial charge in [-0.15, -0.1) is 0 Å². The summed E-state index contributed by atoms with van der Waals surface area (Å²) in [5.41, 5.74) is 8.03. The quantitative estimate of drug-likeness (QED) is 0.0211. The van der Waals surface area contributed by atoms with Crippen molar-refractivity contribution < 1.29 is 33.4 Å². The molecule has 0 aliphatic carbocycles. The van der Waals surface area contributed by atoms with Gasteiger partial charge < -0.3 is 25.3 Å². The van der Waals surface area contributed by atoms with E-state index in [-0.39, 0.29) is 43.3 Å². The number of nitrogens with two attached hydrogens (primary N) is 1. The van der Waals surface area contributed by atoms with Crippen LogP contribution in [0.2, 0.25) is 0 Å². The molecule has 0 saturated carbocycles. The number of alkyl carbamates (subject to hydrolysis) is 1. The fraction of sp³-hybridized carbons (Fsp3) is 0.614. The molecule has 2 aromatic rings. The first-order chi connectivity index (χ1) is 27.3. The molecule has 3 amide bonds. The zero-order chi connectivity index (χ0) is 40.9. The third-order valence-corrected chi connectivity index (χ3v) is 9.09. The van der Waals surface area contributed by atoms with Gasteiger partial charge in [0, 0.05) is 20.2 Å². The summed E-state index contributed by atoms with van der Waals surface area (Å²) in [6, 6.07) is 18.5. The maximum absolute atomic E-state index is 12.8. The second-order valence-electron chi connectivity index (χ2n) is 14.0. The van der Waals surface area contributed by atoms with Crippen molar-refractivity contribution in [3.63, 3.8) is 0 Å². The molecule has 0 saturated heterocycles. The van der Waals surface area contributed by atoms with E-state index < -0.39 is 12.1 Å². The van der Waals surface area contributed by atoms with Crippen LogP contribution in [0.3, 0.4) is 0 Å². The standard InChI is InChI=1S/C36H61N5O6.C8H10O/c1-3-5-7-9-10-17-23-31(22-16-8-6-4-2)34(44)46-27-19-12-11-18-25-38-33(43)32(37)24-26-39-35(40-29-42)41-36(45)47-28-30-20-14-13-15-21-30;1-9-7-8-5-3-2-4-6-8/h13-15,20-21,29,31-32H,3-12,16-19,22-28,37H2,1-2H3,(H,38,43)(H2,39,40,41,42,45);2-6H,7H2,1H3. The maximum atomic E-state index is 12.8. The number of esters is 1. The third-order valence-electron chi connectivity index (χ3n) is 9.09. The van der Waals surface area contributed by atoms with Crippen molar-refractivity contribution in [1.29, 1.82) is 0 Å². The number of hydrogen-bond acceptors (Lipinski definition) is 9. The molecule has 0 radical (unpaired) electrons. The van der Waals surface area contributed by atoms with Crippen molar-refractivity contribution >= 4 is 30.3 Å². The van der Waals surface area contributed by atoms with Crippen LogP contribution < -0.4 is 21.7 Å². The molecule has 5 N–H and O–H groups in total. The minimum absolute atomic E-state index is 0.0220. The molecule has 2 unspecified atom stereocenters. The predicted molar refractivity (Wildman–Crippen MR) is 224 cm³/mol. The monoisotopic (exact) mass is 782 g/mol. The fourth-order valence-corrected chi connectivity index (χ4v) is 5.80. The van der Waals surface area contributed by atoms with Crippen molar-refractivity contribution in [2.75, 3.05) is 26.8 Å². The number of amides is 3. The average molecular weight is 782 g/mol. The smallest absolute Gasteiger partial charge is 0.414 e. The molecule has 56 heavy (non-hydrogen) atoms. The number of aliphatic imine (C=N–C) groups is 1. The average Bonchev–Trinajstić information content (AvgIpc) is 3.21. The van der Waals surface area contributed by atoms with E-state index in [2.05, 4.69) is 34.8 Å². The fourth-order valence-electron chi connectivity index (χ4n) is 5.80. The number of guanidine groups is 1. The Balaban J connectivity index is 0.00000152. The Labute approximate surface area is 336 Å². The lowest BCUT2D eigenvalue weighted by Gasteiger charge is -2.16. The minimum atomic E-state index is -0.785. The molecule has 12 heteroatoms. The normalized spacial score (nSPS) is 12.0. The van der Waals surface area contributed by atoms with Gasteiger partial charge in [0.1, 0.15) is 6.61 Å². The highest BCUT2D eigenvalue weighted by Gasteiger charge is 2.19. The van der Waals surface area contributed by atoms with Crippen LogP contribution in [0.25, 0.3) is 0 Å². The van der Waals surface area contributed by atoms with Crippen molar-refractivity contribution in [3.05, 3.63) is 71.8 Å². The molecular formula is C44H71N5O7. The van der Waals surface area contributed by atoms with E-state index in [0.717, 1.165) is 56.9 Å². The van der Waals surface area contributed by atoms with E-state index in [4.69, 9.17) is 19.9 Å². The van der Waals surface area contributed by atoms with Gasteiger partial charge in [-0.25, -0.2) is 4.79 Å². The lowest BCUT2D eigenvalue weighted by atomic mass is 9.94. The SMILES string of the molecule is CCCCCCCCC(CCCCCC)C(=O)OCCCCCCNC(=O)C(N)CCN=C(NC=O)NC(=O)OCc1ccccc1.COCc1ccccc1. The first kappa shape index (κ1) is 49.7. The number of carbonyl (C=O) groups is 4. The molecule has 0 aromatic heterocycles. The molecule has 0 spiro atoms. The van der Waals surface area contributed by atoms with Gasteiger partial charge in [0.25, 0.3) is 0 Å². The van der Waals surface area contributed by atoms with Crippen LogP contribution in [-0.2, 0) is 41.8 Å². The number of unbranched alkanes of at least 4 members (excludes halogenated alkanes) is 11. The number of hydrogen-bond donors (Lipinski definition) is 4. The van der Waals surface area contributed by atoms with Gasteiger partial charge in [-0.2, -0.15) is 0 Å². The Hall–Kier alpha value is -4.29. The van der Waals surface area contributed by atoms with Gasteiger partial charge in [0.2, 0.25) is 18.3 Å². The lowest BCUT2D eigenvalue weighted by molar-refractivity contribution is -0.149. The second kappa shape index (κ2) is 35.1. The summed E-state index contributed by atoms with van der Waals surface area (Å²) >= 11 is 0. The lowest BCUT2D eigenvalue weighted by Crippen LogP contribution is -2.42.